The van der Waals surface area contributed by atoms with Crippen LogP contribution in [0, 0.1) is 0 Å². The Kier molecular flexibility index (Phi) is 3.61. The number of carbonyl (C=O) groups excluding carboxylic acids is 1. The van der Waals surface area contributed by atoms with Gasteiger partial charge in [-0.05, 0) is 25.1 Å². The number of aromatic amines is 1. The fraction of sp³-hybridized carbons (Fsp3) is 0.100. The fourth-order valence-corrected chi connectivity index (χ4v) is 2.96. The van der Waals surface area contributed by atoms with E-state index in [0.29, 0.717) is 22.1 Å². The Morgan fingerprint density at radius 1 is 1.08 bits per heavy atom. The first-order valence-electron chi connectivity index (χ1n) is 8.03. The topological polar surface area (TPSA) is 75.1 Å². The maximum Gasteiger partial charge on any atom is 0.255 e. The first kappa shape index (κ1) is 15.2. The second-order valence-corrected chi connectivity index (χ2v) is 5.96. The van der Waals surface area contributed by atoms with E-state index in [1.165, 1.54) is 6.20 Å². The Bertz CT molecular complexity index is 1110. The molecule has 0 fully saturated rings. The summed E-state index contributed by atoms with van der Waals surface area (Å²) in [6.45, 7) is 1.86. The smallest absolute Gasteiger partial charge is 0.255 e. The van der Waals surface area contributed by atoms with E-state index in [-0.39, 0.29) is 17.5 Å². The number of amides is 1. The number of para-hydroxylation sites is 1. The van der Waals surface area contributed by atoms with Gasteiger partial charge in [0.05, 0.1) is 11.6 Å². The Hall–Kier alpha value is -3.34. The second-order valence-electron chi connectivity index (χ2n) is 5.96. The van der Waals surface area contributed by atoms with Crippen LogP contribution in [0.3, 0.4) is 0 Å². The molecule has 0 bridgehead atoms. The molecule has 124 valence electrons. The third-order valence-electron chi connectivity index (χ3n) is 4.27. The molecule has 2 aromatic heterocycles. The highest BCUT2D eigenvalue weighted by Gasteiger charge is 2.17. The SMILES string of the molecule is C[C@H](NC(=O)c1c[nH]c(=O)c2ccccc12)c1cc2ccccc2o1. The lowest BCUT2D eigenvalue weighted by atomic mass is 10.1. The van der Waals surface area contributed by atoms with Gasteiger partial charge in [-0.3, -0.25) is 9.59 Å². The number of hydrogen-bond acceptors (Lipinski definition) is 3. The van der Waals surface area contributed by atoms with Gasteiger partial charge in [-0.15, -0.1) is 0 Å². The van der Waals surface area contributed by atoms with Gasteiger partial charge in [0, 0.05) is 22.4 Å². The summed E-state index contributed by atoms with van der Waals surface area (Å²) in [4.78, 5) is 27.2. The summed E-state index contributed by atoms with van der Waals surface area (Å²) in [6, 6.07) is 16.4. The predicted octanol–water partition coefficient (Wildman–Crippen LogP) is 3.77. The van der Waals surface area contributed by atoms with Gasteiger partial charge in [-0.1, -0.05) is 36.4 Å². The third-order valence-corrected chi connectivity index (χ3v) is 4.27. The molecule has 4 rings (SSSR count). The molecule has 0 saturated carbocycles. The van der Waals surface area contributed by atoms with E-state index in [2.05, 4.69) is 10.3 Å². The Labute approximate surface area is 143 Å². The van der Waals surface area contributed by atoms with E-state index >= 15 is 0 Å². The summed E-state index contributed by atoms with van der Waals surface area (Å²) in [5.41, 5.74) is 1.00. The molecule has 5 heteroatoms. The van der Waals surface area contributed by atoms with E-state index in [1.807, 2.05) is 37.3 Å². The molecule has 25 heavy (non-hydrogen) atoms. The zero-order chi connectivity index (χ0) is 17.4. The van der Waals surface area contributed by atoms with Crippen molar-refractivity contribution in [1.29, 1.82) is 0 Å². The van der Waals surface area contributed by atoms with Crippen LogP contribution in [-0.2, 0) is 0 Å². The molecule has 0 aliphatic rings. The Morgan fingerprint density at radius 2 is 1.80 bits per heavy atom. The van der Waals surface area contributed by atoms with E-state index in [9.17, 15) is 9.59 Å². The minimum atomic E-state index is -0.300. The molecule has 1 atom stereocenters. The molecule has 0 aliphatic carbocycles. The molecule has 0 saturated heterocycles. The van der Waals surface area contributed by atoms with E-state index in [1.54, 1.807) is 24.3 Å². The van der Waals surface area contributed by atoms with E-state index in [0.717, 1.165) is 11.0 Å². The average molecular weight is 332 g/mol. The minimum absolute atomic E-state index is 0.211. The summed E-state index contributed by atoms with van der Waals surface area (Å²) in [5, 5.41) is 5.04. The molecular weight excluding hydrogens is 316 g/mol. The number of furan rings is 1. The quantitative estimate of drug-likeness (QED) is 0.600. The van der Waals surface area contributed by atoms with Crippen LogP contribution in [0.2, 0.25) is 0 Å². The Balaban J connectivity index is 1.66. The zero-order valence-corrected chi connectivity index (χ0v) is 13.6. The molecular formula is C20H16N2O3. The van der Waals surface area contributed by atoms with Crippen LogP contribution in [0.5, 0.6) is 0 Å². The van der Waals surface area contributed by atoms with Gasteiger partial charge in [0.1, 0.15) is 11.3 Å². The second kappa shape index (κ2) is 5.94. The molecule has 2 aromatic carbocycles. The highest BCUT2D eigenvalue weighted by atomic mass is 16.3. The van der Waals surface area contributed by atoms with Gasteiger partial charge in [-0.25, -0.2) is 0 Å². The Morgan fingerprint density at radius 3 is 2.60 bits per heavy atom. The molecule has 0 spiro atoms. The van der Waals surface area contributed by atoms with Gasteiger partial charge in [0.2, 0.25) is 0 Å². The number of H-pyrrole nitrogens is 1. The number of pyridine rings is 1. The zero-order valence-electron chi connectivity index (χ0n) is 13.6. The van der Waals surface area contributed by atoms with Crippen molar-refractivity contribution in [3.63, 3.8) is 0 Å². The molecule has 2 heterocycles. The van der Waals surface area contributed by atoms with Crippen LogP contribution in [-0.4, -0.2) is 10.9 Å². The van der Waals surface area contributed by atoms with Crippen LogP contribution in [0.25, 0.3) is 21.7 Å². The van der Waals surface area contributed by atoms with Gasteiger partial charge in [-0.2, -0.15) is 0 Å². The van der Waals surface area contributed by atoms with Crippen LogP contribution in [0.4, 0.5) is 0 Å². The molecule has 2 N–H and O–H groups in total. The summed E-state index contributed by atoms with van der Waals surface area (Å²) >= 11 is 0. The average Bonchev–Trinajstić information content (AvgIpc) is 3.06. The van der Waals surface area contributed by atoms with Crippen molar-refractivity contribution in [1.82, 2.24) is 10.3 Å². The summed E-state index contributed by atoms with van der Waals surface area (Å²) in [6.07, 6.45) is 1.45. The lowest BCUT2D eigenvalue weighted by Crippen LogP contribution is -2.27. The number of nitrogens with one attached hydrogen (secondary N) is 2. The highest BCUT2D eigenvalue weighted by molar-refractivity contribution is 6.06. The van der Waals surface area contributed by atoms with Crippen molar-refractivity contribution in [2.45, 2.75) is 13.0 Å². The highest BCUT2D eigenvalue weighted by Crippen LogP contribution is 2.24. The molecule has 4 aromatic rings. The van der Waals surface area contributed by atoms with E-state index < -0.39 is 0 Å². The number of benzene rings is 2. The van der Waals surface area contributed by atoms with Crippen LogP contribution >= 0.6 is 0 Å². The fourth-order valence-electron chi connectivity index (χ4n) is 2.96. The van der Waals surface area contributed by atoms with Crippen LogP contribution in [0.1, 0.15) is 29.1 Å². The van der Waals surface area contributed by atoms with Gasteiger partial charge in [0.15, 0.2) is 0 Å². The molecule has 0 aliphatic heterocycles. The lowest BCUT2D eigenvalue weighted by molar-refractivity contribution is 0.0937. The van der Waals surface area contributed by atoms with Gasteiger partial charge < -0.3 is 14.7 Å². The minimum Gasteiger partial charge on any atom is -0.459 e. The normalized spacial score (nSPS) is 12.4. The first-order valence-corrected chi connectivity index (χ1v) is 8.03. The van der Waals surface area contributed by atoms with Crippen molar-refractivity contribution in [3.05, 3.63) is 82.5 Å². The third kappa shape index (κ3) is 2.70. The standard InChI is InChI=1S/C20H16N2O3/c1-12(18-10-13-6-2-5-9-17(13)25-18)22-20(24)16-11-21-19(23)15-8-4-3-7-14(15)16/h2-12H,1H3,(H,21,23)(H,22,24)/t12-/m0/s1. The molecule has 0 unspecified atom stereocenters. The van der Waals surface area contributed by atoms with E-state index in [4.69, 9.17) is 4.42 Å². The number of rotatable bonds is 3. The molecule has 5 nitrogen and oxygen atoms in total. The maximum absolute atomic E-state index is 12.7. The predicted molar refractivity (Wildman–Crippen MR) is 96.7 cm³/mol. The van der Waals surface area contributed by atoms with Gasteiger partial charge >= 0.3 is 0 Å². The number of hydrogen-bond donors (Lipinski definition) is 2. The van der Waals surface area contributed by atoms with Crippen LogP contribution < -0.4 is 10.9 Å². The van der Waals surface area contributed by atoms with Crippen molar-refractivity contribution in [3.8, 4) is 0 Å². The number of carbonyl (C=O) groups is 1. The number of fused-ring (bicyclic) bond motifs is 2. The molecule has 1 amide bonds. The maximum atomic E-state index is 12.7. The summed E-state index contributed by atoms with van der Waals surface area (Å²) in [5.74, 6) is 0.420. The van der Waals surface area contributed by atoms with Crippen LogP contribution in [0.15, 0.2) is 70.0 Å². The van der Waals surface area contributed by atoms with Crippen molar-refractivity contribution in [2.24, 2.45) is 0 Å². The van der Waals surface area contributed by atoms with Crippen molar-refractivity contribution in [2.75, 3.05) is 0 Å². The van der Waals surface area contributed by atoms with Crippen molar-refractivity contribution >= 4 is 27.6 Å². The summed E-state index contributed by atoms with van der Waals surface area (Å²) in [7, 11) is 0. The van der Waals surface area contributed by atoms with Crippen molar-refractivity contribution < 1.29 is 9.21 Å². The molecule has 0 radical (unpaired) electrons. The number of aromatic nitrogens is 1. The first-order chi connectivity index (χ1) is 12.1. The lowest BCUT2D eigenvalue weighted by Gasteiger charge is -2.12. The monoisotopic (exact) mass is 332 g/mol. The largest absolute Gasteiger partial charge is 0.459 e. The summed E-state index contributed by atoms with van der Waals surface area (Å²) < 4.78 is 5.80. The van der Waals surface area contributed by atoms with Gasteiger partial charge in [0.25, 0.3) is 11.5 Å².